The third kappa shape index (κ3) is 4.05. The molecule has 21 heavy (non-hydrogen) atoms. The summed E-state index contributed by atoms with van der Waals surface area (Å²) in [6.07, 6.45) is -3.46. The van der Waals surface area contributed by atoms with Gasteiger partial charge in [-0.25, -0.2) is 0 Å². The molecule has 0 amide bonds. The van der Waals surface area contributed by atoms with Gasteiger partial charge in [0.05, 0.1) is 22.1 Å². The van der Waals surface area contributed by atoms with Crippen molar-refractivity contribution in [2.75, 3.05) is 0 Å². The van der Waals surface area contributed by atoms with Crippen LogP contribution >= 0.6 is 23.2 Å². The highest BCUT2D eigenvalue weighted by Gasteiger charge is 2.47. The molecule has 0 bridgehead atoms. The maximum atomic E-state index is 13.1. The molecule has 3 unspecified atom stereocenters. The van der Waals surface area contributed by atoms with Gasteiger partial charge in [0.2, 0.25) is 0 Å². The molecule has 6 heteroatoms. The van der Waals surface area contributed by atoms with Crippen molar-refractivity contribution in [1.82, 2.24) is 0 Å². The maximum Gasteiger partial charge on any atom is 0.392 e. The van der Waals surface area contributed by atoms with E-state index in [0.717, 1.165) is 6.42 Å². The topological polar surface area (TPSA) is 20.2 Å². The zero-order valence-electron chi connectivity index (χ0n) is 11.3. The molecular formula is C15H17Cl2F3O. The SMILES string of the molecule is OC(Cc1cccc(Cl)c1Cl)C1CCCCC1C(F)(F)F. The highest BCUT2D eigenvalue weighted by atomic mass is 35.5. The van der Waals surface area contributed by atoms with Crippen LogP contribution in [0.25, 0.3) is 0 Å². The van der Waals surface area contributed by atoms with Crippen LogP contribution < -0.4 is 0 Å². The van der Waals surface area contributed by atoms with Crippen molar-refractivity contribution in [3.63, 3.8) is 0 Å². The predicted molar refractivity (Wildman–Crippen MR) is 77.7 cm³/mol. The zero-order valence-corrected chi connectivity index (χ0v) is 12.8. The second-order valence-corrected chi connectivity index (χ2v) is 6.37. The number of aliphatic hydroxyl groups excluding tert-OH is 1. The highest BCUT2D eigenvalue weighted by molar-refractivity contribution is 6.42. The fourth-order valence-electron chi connectivity index (χ4n) is 3.11. The standard InChI is InChI=1S/C15H17Cl2F3O/c16-12-7-3-4-9(14(12)17)8-13(21)10-5-1-2-6-11(10)15(18,19)20/h3-4,7,10-11,13,21H,1-2,5-6,8H2. The first-order valence-electron chi connectivity index (χ1n) is 6.98. The molecule has 0 heterocycles. The van der Waals surface area contributed by atoms with Crippen LogP contribution in [-0.4, -0.2) is 17.4 Å². The number of hydrogen-bond donors (Lipinski definition) is 1. The second-order valence-electron chi connectivity index (χ2n) is 5.58. The van der Waals surface area contributed by atoms with E-state index in [-0.39, 0.29) is 12.8 Å². The van der Waals surface area contributed by atoms with Crippen LogP contribution in [0.3, 0.4) is 0 Å². The van der Waals surface area contributed by atoms with Gasteiger partial charge < -0.3 is 5.11 Å². The summed E-state index contributed by atoms with van der Waals surface area (Å²) < 4.78 is 39.2. The molecule has 1 saturated carbocycles. The van der Waals surface area contributed by atoms with E-state index in [1.165, 1.54) is 0 Å². The van der Waals surface area contributed by atoms with Gasteiger partial charge in [-0.05, 0) is 30.4 Å². The summed E-state index contributed by atoms with van der Waals surface area (Å²) in [4.78, 5) is 0. The molecule has 0 aliphatic heterocycles. The molecule has 1 aliphatic carbocycles. The van der Waals surface area contributed by atoms with Gasteiger partial charge in [-0.15, -0.1) is 0 Å². The van der Waals surface area contributed by atoms with E-state index in [1.807, 2.05) is 0 Å². The largest absolute Gasteiger partial charge is 0.392 e. The van der Waals surface area contributed by atoms with Gasteiger partial charge in [0.15, 0.2) is 0 Å². The molecule has 1 aliphatic rings. The molecule has 118 valence electrons. The lowest BCUT2D eigenvalue weighted by molar-refractivity contribution is -0.206. The number of alkyl halides is 3. The smallest absolute Gasteiger partial charge is 0.392 e. The van der Waals surface area contributed by atoms with E-state index in [0.29, 0.717) is 28.5 Å². The van der Waals surface area contributed by atoms with Gasteiger partial charge in [-0.2, -0.15) is 13.2 Å². The van der Waals surface area contributed by atoms with Gasteiger partial charge in [0.25, 0.3) is 0 Å². The summed E-state index contributed by atoms with van der Waals surface area (Å²) >= 11 is 11.9. The molecule has 0 radical (unpaired) electrons. The zero-order chi connectivity index (χ0) is 15.6. The minimum absolute atomic E-state index is 0.0918. The Hall–Kier alpha value is -0.450. The molecule has 0 aromatic heterocycles. The molecule has 2 rings (SSSR count). The quantitative estimate of drug-likeness (QED) is 0.795. The minimum Gasteiger partial charge on any atom is -0.392 e. The molecule has 1 N–H and O–H groups in total. The number of halogens is 5. The van der Waals surface area contributed by atoms with Crippen LogP contribution in [0.1, 0.15) is 31.2 Å². The van der Waals surface area contributed by atoms with Gasteiger partial charge in [0, 0.05) is 6.42 Å². The minimum atomic E-state index is -4.26. The van der Waals surface area contributed by atoms with Crippen LogP contribution in [-0.2, 0) is 6.42 Å². The fourth-order valence-corrected chi connectivity index (χ4v) is 3.51. The van der Waals surface area contributed by atoms with E-state index < -0.39 is 24.1 Å². The van der Waals surface area contributed by atoms with Crippen LogP contribution in [0.15, 0.2) is 18.2 Å². The molecular weight excluding hydrogens is 324 g/mol. The first-order chi connectivity index (χ1) is 9.80. The Morgan fingerprint density at radius 1 is 1.19 bits per heavy atom. The van der Waals surface area contributed by atoms with Gasteiger partial charge in [0.1, 0.15) is 0 Å². The number of aliphatic hydroxyl groups is 1. The average Bonchev–Trinajstić information content (AvgIpc) is 2.43. The normalized spacial score (nSPS) is 24.9. The number of hydrogen-bond acceptors (Lipinski definition) is 1. The van der Waals surface area contributed by atoms with E-state index >= 15 is 0 Å². The van der Waals surface area contributed by atoms with Crippen LogP contribution in [0.2, 0.25) is 10.0 Å². The Balaban J connectivity index is 2.14. The molecule has 1 nitrogen and oxygen atoms in total. The second kappa shape index (κ2) is 6.76. The lowest BCUT2D eigenvalue weighted by Gasteiger charge is -2.36. The Morgan fingerprint density at radius 3 is 2.52 bits per heavy atom. The summed E-state index contributed by atoms with van der Waals surface area (Å²) in [5.74, 6) is -2.20. The summed E-state index contributed by atoms with van der Waals surface area (Å²) in [6.45, 7) is 0. The Bertz CT molecular complexity index is 490. The summed E-state index contributed by atoms with van der Waals surface area (Å²) in [7, 11) is 0. The monoisotopic (exact) mass is 340 g/mol. The lowest BCUT2D eigenvalue weighted by Crippen LogP contribution is -2.40. The number of rotatable bonds is 3. The van der Waals surface area contributed by atoms with E-state index in [4.69, 9.17) is 23.2 Å². The summed E-state index contributed by atoms with van der Waals surface area (Å²) in [5.41, 5.74) is 0.586. The number of benzene rings is 1. The first-order valence-corrected chi connectivity index (χ1v) is 7.74. The van der Waals surface area contributed by atoms with E-state index in [9.17, 15) is 18.3 Å². The first kappa shape index (κ1) is 16.9. The third-order valence-corrected chi connectivity index (χ3v) is 5.05. The summed E-state index contributed by atoms with van der Waals surface area (Å²) in [5, 5.41) is 10.9. The third-order valence-electron chi connectivity index (χ3n) is 4.19. The van der Waals surface area contributed by atoms with Crippen molar-refractivity contribution in [3.8, 4) is 0 Å². The van der Waals surface area contributed by atoms with Crippen molar-refractivity contribution in [2.24, 2.45) is 11.8 Å². The van der Waals surface area contributed by atoms with E-state index in [2.05, 4.69) is 0 Å². The Kier molecular flexibility index (Phi) is 5.44. The van der Waals surface area contributed by atoms with Crippen LogP contribution in [0.5, 0.6) is 0 Å². The maximum absolute atomic E-state index is 13.1. The molecule has 0 saturated heterocycles. The van der Waals surface area contributed by atoms with Crippen LogP contribution in [0, 0.1) is 11.8 Å². The van der Waals surface area contributed by atoms with Crippen molar-refractivity contribution in [3.05, 3.63) is 33.8 Å². The van der Waals surface area contributed by atoms with Crippen molar-refractivity contribution in [2.45, 2.75) is 44.4 Å². The highest BCUT2D eigenvalue weighted by Crippen LogP contribution is 2.43. The average molecular weight is 341 g/mol. The molecule has 1 fully saturated rings. The summed E-state index contributed by atoms with van der Waals surface area (Å²) in [6, 6.07) is 4.97. The van der Waals surface area contributed by atoms with Crippen LogP contribution in [0.4, 0.5) is 13.2 Å². The van der Waals surface area contributed by atoms with E-state index in [1.54, 1.807) is 18.2 Å². The van der Waals surface area contributed by atoms with Crippen molar-refractivity contribution in [1.29, 1.82) is 0 Å². The van der Waals surface area contributed by atoms with Gasteiger partial charge in [-0.1, -0.05) is 48.2 Å². The van der Waals surface area contributed by atoms with Gasteiger partial charge >= 0.3 is 6.18 Å². The lowest BCUT2D eigenvalue weighted by atomic mass is 9.74. The Labute approximate surface area is 132 Å². The molecule has 1 aromatic carbocycles. The predicted octanol–water partition coefficient (Wildman–Crippen LogP) is 5.27. The Morgan fingerprint density at radius 2 is 1.86 bits per heavy atom. The van der Waals surface area contributed by atoms with Gasteiger partial charge in [-0.3, -0.25) is 0 Å². The molecule has 1 aromatic rings. The van der Waals surface area contributed by atoms with Crippen molar-refractivity contribution >= 4 is 23.2 Å². The fraction of sp³-hybridized carbons (Fsp3) is 0.600. The molecule has 3 atom stereocenters. The molecule has 0 spiro atoms. The van der Waals surface area contributed by atoms with Crippen molar-refractivity contribution < 1.29 is 18.3 Å².